The van der Waals surface area contributed by atoms with E-state index in [0.29, 0.717) is 18.1 Å². The van der Waals surface area contributed by atoms with Crippen LogP contribution in [0.5, 0.6) is 0 Å². The highest BCUT2D eigenvalue weighted by Crippen LogP contribution is 2.25. The highest BCUT2D eigenvalue weighted by Gasteiger charge is 2.23. The summed E-state index contributed by atoms with van der Waals surface area (Å²) >= 11 is 0. The smallest absolute Gasteiger partial charge is 0.232 e. The Labute approximate surface area is 165 Å². The molecule has 0 aliphatic rings. The molecule has 0 spiro atoms. The van der Waals surface area contributed by atoms with Gasteiger partial charge in [-0.2, -0.15) is 5.10 Å². The third-order valence-electron chi connectivity index (χ3n) is 5.03. The van der Waals surface area contributed by atoms with Crippen LogP contribution in [0.3, 0.4) is 0 Å². The Morgan fingerprint density at radius 2 is 1.86 bits per heavy atom. The monoisotopic (exact) mass is 380 g/mol. The maximum atomic E-state index is 12.8. The summed E-state index contributed by atoms with van der Waals surface area (Å²) in [7, 11) is 0. The van der Waals surface area contributed by atoms with Gasteiger partial charge >= 0.3 is 0 Å². The maximum Gasteiger partial charge on any atom is 0.232 e. The van der Waals surface area contributed by atoms with Gasteiger partial charge in [-0.1, -0.05) is 50.2 Å². The molecular formula is C22H28N4O2. The molecule has 0 saturated heterocycles. The molecule has 0 bridgehead atoms. The van der Waals surface area contributed by atoms with Crippen molar-refractivity contribution in [2.75, 3.05) is 5.32 Å². The molecule has 1 N–H and O–H groups in total. The summed E-state index contributed by atoms with van der Waals surface area (Å²) in [5.41, 5.74) is 4.12. The summed E-state index contributed by atoms with van der Waals surface area (Å²) in [6, 6.07) is 10.3. The van der Waals surface area contributed by atoms with Gasteiger partial charge in [0.1, 0.15) is 11.6 Å². The van der Waals surface area contributed by atoms with Gasteiger partial charge in [-0.05, 0) is 37.3 Å². The number of aromatic nitrogens is 3. The summed E-state index contributed by atoms with van der Waals surface area (Å²) in [5, 5.41) is 11.3. The van der Waals surface area contributed by atoms with Gasteiger partial charge in [0.2, 0.25) is 5.91 Å². The summed E-state index contributed by atoms with van der Waals surface area (Å²) in [6.45, 7) is 12.7. The molecule has 6 nitrogen and oxygen atoms in total. The number of hydrogen-bond donors (Lipinski definition) is 1. The van der Waals surface area contributed by atoms with Crippen molar-refractivity contribution in [3.63, 3.8) is 0 Å². The molecule has 148 valence electrons. The Balaban J connectivity index is 1.72. The van der Waals surface area contributed by atoms with Crippen LogP contribution in [0.1, 0.15) is 61.8 Å². The molecule has 0 fully saturated rings. The Morgan fingerprint density at radius 3 is 2.43 bits per heavy atom. The largest absolute Gasteiger partial charge is 0.361 e. The molecule has 1 aromatic carbocycles. The van der Waals surface area contributed by atoms with E-state index in [9.17, 15) is 4.79 Å². The van der Waals surface area contributed by atoms with Gasteiger partial charge in [0, 0.05) is 11.6 Å². The molecule has 3 rings (SSSR count). The summed E-state index contributed by atoms with van der Waals surface area (Å²) in [6.07, 6.45) is 1.69. The molecule has 3 aromatic rings. The topological polar surface area (TPSA) is 73.0 Å². The van der Waals surface area contributed by atoms with Crippen LogP contribution in [0.4, 0.5) is 5.82 Å². The highest BCUT2D eigenvalue weighted by atomic mass is 16.5. The van der Waals surface area contributed by atoms with Crippen LogP contribution in [0, 0.1) is 13.8 Å². The number of benzene rings is 1. The van der Waals surface area contributed by atoms with Crippen molar-refractivity contribution in [2.24, 2.45) is 0 Å². The molecule has 1 unspecified atom stereocenters. The van der Waals surface area contributed by atoms with Crippen LogP contribution in [-0.4, -0.2) is 20.8 Å². The van der Waals surface area contributed by atoms with E-state index in [-0.39, 0.29) is 17.2 Å². The minimum absolute atomic E-state index is 0.112. The molecule has 2 aromatic heterocycles. The van der Waals surface area contributed by atoms with E-state index in [1.54, 1.807) is 10.9 Å². The first-order chi connectivity index (χ1) is 13.2. The lowest BCUT2D eigenvalue weighted by molar-refractivity contribution is -0.117. The van der Waals surface area contributed by atoms with Gasteiger partial charge in [-0.25, -0.2) is 4.68 Å². The number of carbonyl (C=O) groups excluding carboxylic acids is 1. The van der Waals surface area contributed by atoms with Gasteiger partial charge in [-0.15, -0.1) is 0 Å². The number of hydrogen-bond acceptors (Lipinski definition) is 4. The van der Waals surface area contributed by atoms with Crippen molar-refractivity contribution < 1.29 is 9.32 Å². The van der Waals surface area contributed by atoms with E-state index in [1.807, 2.05) is 26.8 Å². The van der Waals surface area contributed by atoms with E-state index >= 15 is 0 Å². The molecule has 2 heterocycles. The highest BCUT2D eigenvalue weighted by molar-refractivity contribution is 5.95. The second-order valence-corrected chi connectivity index (χ2v) is 8.27. The average Bonchev–Trinajstić information content (AvgIpc) is 3.20. The Hall–Kier alpha value is -2.89. The second kappa shape index (κ2) is 7.62. The van der Waals surface area contributed by atoms with E-state index in [4.69, 9.17) is 4.52 Å². The van der Waals surface area contributed by atoms with E-state index in [1.165, 1.54) is 5.56 Å². The molecule has 1 amide bonds. The first-order valence-corrected chi connectivity index (χ1v) is 9.51. The third kappa shape index (κ3) is 4.16. The number of anilines is 1. The van der Waals surface area contributed by atoms with Crippen LogP contribution < -0.4 is 5.32 Å². The van der Waals surface area contributed by atoms with E-state index in [0.717, 1.165) is 16.8 Å². The molecule has 0 saturated carbocycles. The lowest BCUT2D eigenvalue weighted by atomic mass is 9.87. The number of nitrogens with zero attached hydrogens (tertiary/aromatic N) is 3. The zero-order valence-corrected chi connectivity index (χ0v) is 17.4. The van der Waals surface area contributed by atoms with Crippen LogP contribution in [0.2, 0.25) is 0 Å². The number of aryl methyl sites for hydroxylation is 2. The third-order valence-corrected chi connectivity index (χ3v) is 5.03. The summed E-state index contributed by atoms with van der Waals surface area (Å²) in [4.78, 5) is 12.8. The van der Waals surface area contributed by atoms with Crippen molar-refractivity contribution in [3.8, 4) is 0 Å². The molecule has 0 radical (unpaired) electrons. The molecule has 6 heteroatoms. The number of nitrogens with one attached hydrogen (secondary N) is 1. The molecular weight excluding hydrogens is 352 g/mol. The van der Waals surface area contributed by atoms with Gasteiger partial charge in [0.05, 0.1) is 24.4 Å². The van der Waals surface area contributed by atoms with E-state index in [2.05, 4.69) is 60.6 Å². The number of rotatable bonds is 5. The fourth-order valence-corrected chi connectivity index (χ4v) is 3.32. The van der Waals surface area contributed by atoms with Crippen molar-refractivity contribution in [3.05, 3.63) is 64.7 Å². The van der Waals surface area contributed by atoms with Gasteiger partial charge in [-0.3, -0.25) is 4.79 Å². The fraction of sp³-hybridized carbons (Fsp3) is 0.409. The zero-order valence-electron chi connectivity index (χ0n) is 17.4. The summed E-state index contributed by atoms with van der Waals surface area (Å²) < 4.78 is 6.99. The predicted octanol–water partition coefficient (Wildman–Crippen LogP) is 4.58. The van der Waals surface area contributed by atoms with E-state index < -0.39 is 0 Å². The van der Waals surface area contributed by atoms with Crippen LogP contribution in [-0.2, 0) is 16.8 Å². The Bertz CT molecular complexity index is 942. The second-order valence-electron chi connectivity index (χ2n) is 8.27. The normalized spacial score (nSPS) is 12.8. The van der Waals surface area contributed by atoms with Crippen molar-refractivity contribution in [1.29, 1.82) is 0 Å². The van der Waals surface area contributed by atoms with Crippen LogP contribution in [0.25, 0.3) is 0 Å². The lowest BCUT2D eigenvalue weighted by Gasteiger charge is -2.19. The van der Waals surface area contributed by atoms with Crippen LogP contribution >= 0.6 is 0 Å². The molecule has 0 aliphatic heterocycles. The maximum absolute atomic E-state index is 12.8. The molecule has 28 heavy (non-hydrogen) atoms. The Kier molecular flexibility index (Phi) is 5.40. The minimum Gasteiger partial charge on any atom is -0.361 e. The van der Waals surface area contributed by atoms with Gasteiger partial charge in [0.15, 0.2) is 0 Å². The van der Waals surface area contributed by atoms with Crippen molar-refractivity contribution >= 4 is 11.7 Å². The lowest BCUT2D eigenvalue weighted by Crippen LogP contribution is -2.22. The fourth-order valence-electron chi connectivity index (χ4n) is 3.32. The number of carbonyl (C=O) groups is 1. The minimum atomic E-state index is -0.360. The average molecular weight is 380 g/mol. The first kappa shape index (κ1) is 19.9. The first-order valence-electron chi connectivity index (χ1n) is 9.51. The molecule has 1 atom stereocenters. The van der Waals surface area contributed by atoms with Gasteiger partial charge in [0.25, 0.3) is 0 Å². The standard InChI is InChI=1S/C22H28N4O2/c1-14(20-15(2)25-28-16(20)3)21(27)24-19-11-12-23-26(19)13-17-7-9-18(10-8-17)22(4,5)6/h7-12,14H,13H2,1-6H3,(H,24,27). The quantitative estimate of drug-likeness (QED) is 0.703. The zero-order chi connectivity index (χ0) is 20.5. The van der Waals surface area contributed by atoms with Crippen molar-refractivity contribution in [2.45, 2.75) is 59.4 Å². The SMILES string of the molecule is Cc1noc(C)c1C(C)C(=O)Nc1ccnn1Cc1ccc(C(C)(C)C)cc1. The predicted molar refractivity (Wildman–Crippen MR) is 109 cm³/mol. The van der Waals surface area contributed by atoms with Crippen LogP contribution in [0.15, 0.2) is 41.1 Å². The molecule has 0 aliphatic carbocycles. The van der Waals surface area contributed by atoms with Gasteiger partial charge < -0.3 is 9.84 Å². The Morgan fingerprint density at radius 1 is 1.18 bits per heavy atom. The number of amides is 1. The summed E-state index contributed by atoms with van der Waals surface area (Å²) in [5.74, 6) is 0.871. The van der Waals surface area contributed by atoms with Crippen molar-refractivity contribution in [1.82, 2.24) is 14.9 Å².